The minimum atomic E-state index is -0.112. The number of hydrogen-bond donors (Lipinski definition) is 5. The monoisotopic (exact) mass is 233 g/mol. The second-order valence-corrected chi connectivity index (χ2v) is 3.37. The zero-order valence-electron chi connectivity index (χ0n) is 9.02. The quantitative estimate of drug-likeness (QED) is 0.294. The molecule has 1 aromatic heterocycles. The number of benzene rings is 1. The molecular weight excluding hydrogens is 222 g/mol. The molecule has 88 valence electrons. The topological polar surface area (TPSA) is 117 Å². The maximum absolute atomic E-state index is 9.53. The molecule has 0 aliphatic rings. The fraction of sp³-hybridized carbons (Fsp3) is 0.100. The van der Waals surface area contributed by atoms with Crippen molar-refractivity contribution in [2.75, 3.05) is 12.4 Å². The Morgan fingerprint density at radius 1 is 1.29 bits per heavy atom. The van der Waals surface area contributed by atoms with Crippen LogP contribution in [0.5, 0.6) is 11.8 Å². The van der Waals surface area contributed by atoms with E-state index < -0.39 is 0 Å². The first kappa shape index (κ1) is 10.9. The molecule has 0 aliphatic carbocycles. The number of nitrogens with one attached hydrogen (secondary N) is 3. The van der Waals surface area contributed by atoms with E-state index in [-0.39, 0.29) is 17.7 Å². The maximum atomic E-state index is 9.53. The molecule has 7 heteroatoms. The van der Waals surface area contributed by atoms with Crippen molar-refractivity contribution in [3.8, 4) is 11.8 Å². The molecule has 0 amide bonds. The van der Waals surface area contributed by atoms with Crippen LogP contribution in [0, 0.1) is 5.53 Å². The fourth-order valence-electron chi connectivity index (χ4n) is 1.53. The standard InChI is InChI=1S/C10H11N5O2/c1-12-10(15-11)13-5-2-3-6-7(4-5)9(17)14-8(6)16/h2-4,11,14,16-17H,1H3,(H,12,13). The number of fused-ring (bicyclic) bond motifs is 1. The molecule has 0 aliphatic heterocycles. The molecule has 2 rings (SSSR count). The molecule has 0 unspecified atom stereocenters. The van der Waals surface area contributed by atoms with Gasteiger partial charge in [0.05, 0.1) is 0 Å². The highest BCUT2D eigenvalue weighted by Gasteiger charge is 2.09. The molecule has 1 aromatic carbocycles. The van der Waals surface area contributed by atoms with Gasteiger partial charge in [-0.25, -0.2) is 5.53 Å². The Bertz CT molecular complexity index is 602. The molecule has 0 spiro atoms. The number of H-pyrrole nitrogens is 1. The van der Waals surface area contributed by atoms with Crippen LogP contribution < -0.4 is 5.32 Å². The van der Waals surface area contributed by atoms with Gasteiger partial charge in [-0.1, -0.05) is 0 Å². The van der Waals surface area contributed by atoms with Gasteiger partial charge < -0.3 is 15.5 Å². The van der Waals surface area contributed by atoms with E-state index >= 15 is 0 Å². The third-order valence-electron chi connectivity index (χ3n) is 2.34. The van der Waals surface area contributed by atoms with Gasteiger partial charge in [-0.15, -0.1) is 5.11 Å². The molecule has 0 bridgehead atoms. The molecule has 0 atom stereocenters. The molecular formula is C10H11N5O2. The fourth-order valence-corrected chi connectivity index (χ4v) is 1.53. The Morgan fingerprint density at radius 2 is 2.00 bits per heavy atom. The number of rotatable bonds is 1. The summed E-state index contributed by atoms with van der Waals surface area (Å²) < 4.78 is 0. The van der Waals surface area contributed by atoms with E-state index in [2.05, 4.69) is 20.4 Å². The predicted molar refractivity (Wildman–Crippen MR) is 63.8 cm³/mol. The number of guanidine groups is 1. The van der Waals surface area contributed by atoms with Gasteiger partial charge in [0.2, 0.25) is 5.96 Å². The Kier molecular flexibility index (Phi) is 2.65. The first-order valence-corrected chi connectivity index (χ1v) is 4.80. The van der Waals surface area contributed by atoms with Crippen LogP contribution in [-0.2, 0) is 0 Å². The van der Waals surface area contributed by atoms with Gasteiger partial charge in [-0.05, 0) is 18.2 Å². The summed E-state index contributed by atoms with van der Waals surface area (Å²) in [7, 11) is 1.51. The minimum absolute atomic E-state index is 0.0846. The first-order valence-electron chi connectivity index (χ1n) is 4.80. The SMILES string of the molecule is CN=C(N=N)Nc1ccc2c(O)[nH]c(O)c2c1. The predicted octanol–water partition coefficient (Wildman–Crippen LogP) is 2.01. The van der Waals surface area contributed by atoms with Crippen molar-refractivity contribution in [1.82, 2.24) is 4.98 Å². The van der Waals surface area contributed by atoms with Gasteiger partial charge in [-0.3, -0.25) is 9.98 Å². The van der Waals surface area contributed by atoms with Crippen LogP contribution in [0.2, 0.25) is 0 Å². The van der Waals surface area contributed by atoms with Crippen LogP contribution in [0.3, 0.4) is 0 Å². The van der Waals surface area contributed by atoms with Crippen LogP contribution in [0.15, 0.2) is 28.3 Å². The van der Waals surface area contributed by atoms with E-state index in [1.54, 1.807) is 18.2 Å². The van der Waals surface area contributed by atoms with Crippen LogP contribution >= 0.6 is 0 Å². The molecule has 0 saturated heterocycles. The second-order valence-electron chi connectivity index (χ2n) is 3.37. The molecule has 17 heavy (non-hydrogen) atoms. The highest BCUT2D eigenvalue weighted by molar-refractivity contribution is 5.99. The Labute approximate surface area is 96.3 Å². The summed E-state index contributed by atoms with van der Waals surface area (Å²) in [5, 5.41) is 26.0. The van der Waals surface area contributed by atoms with E-state index in [0.29, 0.717) is 16.5 Å². The minimum Gasteiger partial charge on any atom is -0.494 e. The summed E-state index contributed by atoms with van der Waals surface area (Å²) in [4.78, 5) is 6.16. The maximum Gasteiger partial charge on any atom is 0.241 e. The lowest BCUT2D eigenvalue weighted by molar-refractivity contribution is 0.429. The van der Waals surface area contributed by atoms with Crippen molar-refractivity contribution in [2.24, 2.45) is 10.1 Å². The van der Waals surface area contributed by atoms with E-state index in [9.17, 15) is 10.2 Å². The number of anilines is 1. The van der Waals surface area contributed by atoms with Crippen molar-refractivity contribution in [1.29, 1.82) is 5.53 Å². The molecule has 2 aromatic rings. The summed E-state index contributed by atoms with van der Waals surface area (Å²) >= 11 is 0. The van der Waals surface area contributed by atoms with Crippen molar-refractivity contribution in [3.63, 3.8) is 0 Å². The van der Waals surface area contributed by atoms with Gasteiger partial charge in [0.15, 0.2) is 11.8 Å². The van der Waals surface area contributed by atoms with Crippen molar-refractivity contribution in [3.05, 3.63) is 18.2 Å². The molecule has 1 heterocycles. The van der Waals surface area contributed by atoms with E-state index in [1.807, 2.05) is 0 Å². The highest BCUT2D eigenvalue weighted by Crippen LogP contribution is 2.33. The number of aromatic nitrogens is 1. The summed E-state index contributed by atoms with van der Waals surface area (Å²) in [6.07, 6.45) is 0. The number of aromatic amines is 1. The van der Waals surface area contributed by atoms with Crippen molar-refractivity contribution >= 4 is 22.4 Å². The van der Waals surface area contributed by atoms with Crippen LogP contribution in [0.4, 0.5) is 5.69 Å². The van der Waals surface area contributed by atoms with Gasteiger partial charge in [-0.2, -0.15) is 0 Å². The lowest BCUT2D eigenvalue weighted by Gasteiger charge is -2.03. The van der Waals surface area contributed by atoms with Gasteiger partial charge >= 0.3 is 0 Å². The number of aromatic hydroxyl groups is 2. The lowest BCUT2D eigenvalue weighted by atomic mass is 10.2. The molecule has 7 nitrogen and oxygen atoms in total. The highest BCUT2D eigenvalue weighted by atomic mass is 16.3. The Hall–Kier alpha value is -2.57. The van der Waals surface area contributed by atoms with Gasteiger partial charge in [0.1, 0.15) is 0 Å². The van der Waals surface area contributed by atoms with E-state index in [4.69, 9.17) is 5.53 Å². The smallest absolute Gasteiger partial charge is 0.241 e. The summed E-state index contributed by atoms with van der Waals surface area (Å²) in [5.74, 6) is -0.0406. The summed E-state index contributed by atoms with van der Waals surface area (Å²) in [5.41, 5.74) is 7.47. The van der Waals surface area contributed by atoms with Crippen LogP contribution in [-0.4, -0.2) is 28.2 Å². The lowest BCUT2D eigenvalue weighted by Crippen LogP contribution is -2.07. The number of aliphatic imine (C=N–C) groups is 1. The van der Waals surface area contributed by atoms with E-state index in [1.165, 1.54) is 7.05 Å². The third kappa shape index (κ3) is 1.89. The Balaban J connectivity index is 2.44. The normalized spacial score (nSPS) is 11.7. The van der Waals surface area contributed by atoms with Crippen molar-refractivity contribution in [2.45, 2.75) is 0 Å². The van der Waals surface area contributed by atoms with E-state index in [0.717, 1.165) is 0 Å². The second kappa shape index (κ2) is 4.12. The average molecular weight is 233 g/mol. The molecule has 0 radical (unpaired) electrons. The summed E-state index contributed by atoms with van der Waals surface area (Å²) in [6.45, 7) is 0. The first-order chi connectivity index (χ1) is 8.15. The molecule has 0 saturated carbocycles. The van der Waals surface area contributed by atoms with Crippen molar-refractivity contribution < 1.29 is 10.2 Å². The van der Waals surface area contributed by atoms with Gasteiger partial charge in [0.25, 0.3) is 0 Å². The van der Waals surface area contributed by atoms with Crippen LogP contribution in [0.25, 0.3) is 10.8 Å². The Morgan fingerprint density at radius 3 is 2.65 bits per heavy atom. The number of nitrogens with zero attached hydrogens (tertiary/aromatic N) is 2. The van der Waals surface area contributed by atoms with Crippen LogP contribution in [0.1, 0.15) is 0 Å². The van der Waals surface area contributed by atoms with Gasteiger partial charge in [0, 0.05) is 23.5 Å². The largest absolute Gasteiger partial charge is 0.494 e. The third-order valence-corrected chi connectivity index (χ3v) is 2.34. The summed E-state index contributed by atoms with van der Waals surface area (Å²) in [6, 6.07) is 4.95. The zero-order chi connectivity index (χ0) is 12.4. The zero-order valence-corrected chi connectivity index (χ0v) is 9.02. The molecule has 5 N–H and O–H groups in total. The molecule has 0 fully saturated rings. The average Bonchev–Trinajstić information content (AvgIpc) is 2.62. The number of hydrogen-bond acceptors (Lipinski definition) is 4.